The fraction of sp³-hybridized carbons (Fsp3) is 0.878. The van der Waals surface area contributed by atoms with E-state index in [-0.39, 0.29) is 30.0 Å². The van der Waals surface area contributed by atoms with Gasteiger partial charge in [0.25, 0.3) is 10.9 Å². The predicted octanol–water partition coefficient (Wildman–Crippen LogP) is 11.6. The number of anilines is 2. The lowest BCUT2D eigenvalue weighted by Gasteiger charge is -2.26. The lowest BCUT2D eigenvalue weighted by molar-refractivity contribution is -0.150. The molecule has 1 rings (SSSR count). The molecule has 1 aromatic rings. The summed E-state index contributed by atoms with van der Waals surface area (Å²) in [5.74, 6) is -0.0402. The molecule has 3 N–H and O–H groups in total. The van der Waals surface area contributed by atoms with Crippen molar-refractivity contribution in [3.63, 3.8) is 0 Å². The van der Waals surface area contributed by atoms with Crippen molar-refractivity contribution in [3.05, 3.63) is 20.4 Å². The van der Waals surface area contributed by atoms with Crippen molar-refractivity contribution in [2.45, 2.75) is 232 Å². The molecule has 1 aromatic carbocycles. The highest BCUT2D eigenvalue weighted by molar-refractivity contribution is 5.73. The molecule has 0 bridgehead atoms. The molecule has 60 heavy (non-hydrogen) atoms. The maximum Gasteiger partial charge on any atom is 0.508 e. The van der Waals surface area contributed by atoms with Crippen LogP contribution in [0.15, 0.2) is 9.59 Å². The molecular formula is C49H91N3O8. The van der Waals surface area contributed by atoms with Gasteiger partial charge in [-0.15, -0.1) is 0 Å². The molecule has 0 aromatic heterocycles. The predicted molar refractivity (Wildman–Crippen MR) is 249 cm³/mol. The van der Waals surface area contributed by atoms with E-state index >= 15 is 0 Å². The van der Waals surface area contributed by atoms with Gasteiger partial charge >= 0.3 is 12.1 Å². The summed E-state index contributed by atoms with van der Waals surface area (Å²) < 4.78 is 16.5. The van der Waals surface area contributed by atoms with Gasteiger partial charge in [0.2, 0.25) is 0 Å². The van der Waals surface area contributed by atoms with Gasteiger partial charge in [0.1, 0.15) is 17.5 Å². The van der Waals surface area contributed by atoms with Crippen LogP contribution >= 0.6 is 0 Å². The van der Waals surface area contributed by atoms with Crippen molar-refractivity contribution in [3.8, 4) is 0 Å². The molecule has 11 heteroatoms. The molecule has 0 aliphatic heterocycles. The summed E-state index contributed by atoms with van der Waals surface area (Å²) in [6, 6.07) is 0. The Bertz CT molecular complexity index is 1220. The fourth-order valence-electron chi connectivity index (χ4n) is 7.83. The van der Waals surface area contributed by atoms with Gasteiger partial charge in [0.05, 0.1) is 19.3 Å². The summed E-state index contributed by atoms with van der Waals surface area (Å²) >= 11 is 0. The van der Waals surface area contributed by atoms with Gasteiger partial charge in [-0.05, 0) is 70.9 Å². The smallest absolute Gasteiger partial charge is 0.462 e. The van der Waals surface area contributed by atoms with Crippen LogP contribution in [0.2, 0.25) is 0 Å². The second-order valence-corrected chi connectivity index (χ2v) is 17.2. The Balaban J connectivity index is 2.42. The number of nitrogens with zero attached hydrogens (tertiary/aromatic N) is 1. The number of unbranched alkanes of at least 4 members (excludes halogenated alkanes) is 23. The van der Waals surface area contributed by atoms with E-state index in [0.29, 0.717) is 26.2 Å². The number of ether oxygens (including phenoxy) is 3. The van der Waals surface area contributed by atoms with Crippen LogP contribution in [0.4, 0.5) is 16.2 Å². The zero-order valence-electron chi connectivity index (χ0n) is 39.1. The summed E-state index contributed by atoms with van der Waals surface area (Å²) in [6.07, 6.45) is 33.0. The fourth-order valence-corrected chi connectivity index (χ4v) is 7.83. The average Bonchev–Trinajstić information content (AvgIpc) is 3.24. The van der Waals surface area contributed by atoms with Crippen LogP contribution in [0.1, 0.15) is 220 Å². The van der Waals surface area contributed by atoms with Crippen LogP contribution in [0.25, 0.3) is 0 Å². The summed E-state index contributed by atoms with van der Waals surface area (Å²) in [6.45, 7) is 9.77. The second kappa shape index (κ2) is 39.2. The Kier molecular flexibility index (Phi) is 36.2. The van der Waals surface area contributed by atoms with Crippen LogP contribution in [-0.4, -0.2) is 80.8 Å². The molecule has 1 atom stereocenters. The van der Waals surface area contributed by atoms with Crippen LogP contribution in [0, 0.1) is 0 Å². The number of hydrogen-bond donors (Lipinski definition) is 3. The highest BCUT2D eigenvalue weighted by Gasteiger charge is 2.21. The van der Waals surface area contributed by atoms with Crippen molar-refractivity contribution >= 4 is 23.5 Å². The second-order valence-electron chi connectivity index (χ2n) is 17.2. The number of rotatable bonds is 44. The molecule has 11 nitrogen and oxygen atoms in total. The van der Waals surface area contributed by atoms with Crippen molar-refractivity contribution < 1.29 is 28.9 Å². The number of aliphatic hydroxyl groups excluding tert-OH is 1. The molecule has 350 valence electrons. The van der Waals surface area contributed by atoms with Crippen LogP contribution in [-0.2, 0) is 19.0 Å². The van der Waals surface area contributed by atoms with Gasteiger partial charge in [-0.2, -0.15) is 0 Å². The minimum absolute atomic E-state index is 0.0402. The molecule has 0 heterocycles. The highest BCUT2D eigenvalue weighted by Crippen LogP contribution is 2.19. The summed E-state index contributed by atoms with van der Waals surface area (Å²) in [5, 5.41) is 16.6. The van der Waals surface area contributed by atoms with Gasteiger partial charge in [-0.3, -0.25) is 14.4 Å². The maximum atomic E-state index is 12.8. The first-order chi connectivity index (χ1) is 29.3. The van der Waals surface area contributed by atoms with Gasteiger partial charge < -0.3 is 34.9 Å². The number of carbonyl (C=O) groups is 2. The summed E-state index contributed by atoms with van der Waals surface area (Å²) in [5.41, 5.74) is -0.575. The highest BCUT2D eigenvalue weighted by atomic mass is 16.7. The first-order valence-corrected chi connectivity index (χ1v) is 24.9. The zero-order valence-corrected chi connectivity index (χ0v) is 39.1. The molecular weight excluding hydrogens is 759 g/mol. The van der Waals surface area contributed by atoms with Gasteiger partial charge in [-0.25, -0.2) is 4.79 Å². The molecule has 0 aliphatic rings. The monoisotopic (exact) mass is 850 g/mol. The summed E-state index contributed by atoms with van der Waals surface area (Å²) in [7, 11) is 1.60. The van der Waals surface area contributed by atoms with Crippen molar-refractivity contribution in [1.82, 2.24) is 4.90 Å². The van der Waals surface area contributed by atoms with E-state index in [0.717, 1.165) is 109 Å². The van der Waals surface area contributed by atoms with Crippen LogP contribution in [0.3, 0.4) is 0 Å². The van der Waals surface area contributed by atoms with E-state index < -0.39 is 23.1 Å². The maximum absolute atomic E-state index is 12.8. The number of hydrogen-bond acceptors (Lipinski definition) is 11. The minimum atomic E-state index is -0.712. The van der Waals surface area contributed by atoms with E-state index in [9.17, 15) is 24.3 Å². The Morgan fingerprint density at radius 2 is 0.983 bits per heavy atom. The van der Waals surface area contributed by atoms with E-state index in [4.69, 9.17) is 14.2 Å². The number of carbonyl (C=O) groups excluding carboxylic acids is 2. The van der Waals surface area contributed by atoms with Crippen LogP contribution in [0.5, 0.6) is 0 Å². The molecule has 0 aliphatic carbocycles. The first kappa shape index (κ1) is 55.4. The van der Waals surface area contributed by atoms with E-state index in [1.165, 1.54) is 96.3 Å². The summed E-state index contributed by atoms with van der Waals surface area (Å²) in [4.78, 5) is 50.8. The Hall–Kier alpha value is -2.66. The third kappa shape index (κ3) is 29.6. The molecule has 0 fully saturated rings. The minimum Gasteiger partial charge on any atom is -0.462 e. The van der Waals surface area contributed by atoms with Gasteiger partial charge in [0, 0.05) is 26.6 Å². The normalized spacial score (nSPS) is 12.1. The van der Waals surface area contributed by atoms with E-state index in [2.05, 4.69) is 36.3 Å². The van der Waals surface area contributed by atoms with E-state index in [1.54, 1.807) is 7.05 Å². The van der Waals surface area contributed by atoms with Crippen molar-refractivity contribution in [2.75, 3.05) is 57.1 Å². The molecule has 0 radical (unpaired) electrons. The quantitative estimate of drug-likeness (QED) is 0.0328. The molecule has 0 amide bonds. The third-order valence-electron chi connectivity index (χ3n) is 11.6. The molecule has 0 saturated heterocycles. The Morgan fingerprint density at radius 1 is 0.567 bits per heavy atom. The number of aliphatic hydroxyl groups is 1. The average molecular weight is 850 g/mol. The molecule has 0 spiro atoms. The largest absolute Gasteiger partial charge is 0.508 e. The third-order valence-corrected chi connectivity index (χ3v) is 11.6. The SMILES string of the molecule is CCCCCCCCCOC(=O)OCCCCCCN(CCCCCCCC(=O)OC(CCCCCCCC)CCCCCCCC)CC(O)CNc1c(NC)c(=O)c1=O. The topological polar surface area (TPSA) is 144 Å². The molecule has 0 saturated carbocycles. The Labute approximate surface area is 365 Å². The van der Waals surface area contributed by atoms with Crippen molar-refractivity contribution in [2.24, 2.45) is 0 Å². The zero-order chi connectivity index (χ0) is 43.9. The number of esters is 1. The lowest BCUT2D eigenvalue weighted by Crippen LogP contribution is -2.41. The Morgan fingerprint density at radius 3 is 1.47 bits per heavy atom. The van der Waals surface area contributed by atoms with Crippen molar-refractivity contribution in [1.29, 1.82) is 0 Å². The van der Waals surface area contributed by atoms with E-state index in [1.807, 2.05) is 0 Å². The number of nitrogens with one attached hydrogen (secondary N) is 2. The first-order valence-electron chi connectivity index (χ1n) is 24.9. The molecule has 1 unspecified atom stereocenters. The van der Waals surface area contributed by atoms with Gasteiger partial charge in [-0.1, -0.05) is 156 Å². The van der Waals surface area contributed by atoms with Gasteiger partial charge in [0.15, 0.2) is 0 Å². The van der Waals surface area contributed by atoms with Crippen LogP contribution < -0.4 is 21.5 Å². The lowest BCUT2D eigenvalue weighted by atomic mass is 10.0. The standard InChI is InChI=1S/C49H91N3O8/c1-5-8-11-14-17-24-31-38-58-49(57)59-39-32-25-23-30-37-52(41-42(53)40-51-46-45(50-4)47(55)48(46)56)36-29-22-18-21-28-35-44(54)60-43(33-26-19-15-12-9-6-2)34-27-20-16-13-10-7-3/h42-43,50-51,53H,5-41H2,1-4H3.